The molecule has 112 valence electrons. The van der Waals surface area contributed by atoms with Gasteiger partial charge in [0, 0.05) is 18.3 Å². The Kier molecular flexibility index (Phi) is 2.58. The molecule has 0 aromatic rings. The van der Waals surface area contributed by atoms with E-state index in [0.717, 1.165) is 25.7 Å². The molecule has 7 atom stereocenters. The minimum Gasteiger partial charge on any atom is -0.432 e. The number of rotatable bonds is 0. The van der Waals surface area contributed by atoms with E-state index in [9.17, 15) is 4.79 Å². The molecule has 5 heteroatoms. The van der Waals surface area contributed by atoms with Crippen molar-refractivity contribution in [3.63, 3.8) is 0 Å². The predicted molar refractivity (Wildman–Crippen MR) is 68.0 cm³/mol. The Balaban J connectivity index is 1.84. The summed E-state index contributed by atoms with van der Waals surface area (Å²) in [5.74, 6) is -0.137. The maximum atomic E-state index is 12.1. The first-order valence-corrected chi connectivity index (χ1v) is 7.71. The van der Waals surface area contributed by atoms with Crippen LogP contribution >= 0.6 is 0 Å². The summed E-state index contributed by atoms with van der Waals surface area (Å²) in [5.41, 5.74) is -0.610. The fourth-order valence-electron chi connectivity index (χ4n) is 4.76. The molecule has 1 spiro atoms. The zero-order chi connectivity index (χ0) is 14.1. The molecule has 0 aromatic carbocycles. The van der Waals surface area contributed by atoms with Gasteiger partial charge in [0.25, 0.3) is 0 Å². The molecule has 4 saturated heterocycles. The third-order valence-electron chi connectivity index (χ3n) is 5.97. The number of esters is 1. The van der Waals surface area contributed by atoms with Crippen molar-refractivity contribution in [2.75, 3.05) is 0 Å². The van der Waals surface area contributed by atoms with Gasteiger partial charge < -0.3 is 9.47 Å². The molecule has 5 nitrogen and oxygen atoms in total. The highest BCUT2D eigenvalue weighted by Crippen LogP contribution is 2.59. The Morgan fingerprint density at radius 3 is 2.70 bits per heavy atom. The van der Waals surface area contributed by atoms with E-state index in [2.05, 4.69) is 6.92 Å². The van der Waals surface area contributed by atoms with Gasteiger partial charge in [-0.2, -0.15) is 0 Å². The van der Waals surface area contributed by atoms with Crippen molar-refractivity contribution < 1.29 is 24.0 Å². The van der Waals surface area contributed by atoms with Crippen molar-refractivity contribution in [1.82, 2.24) is 0 Å². The number of hydrogen-bond donors (Lipinski definition) is 0. The molecular weight excluding hydrogens is 260 g/mol. The summed E-state index contributed by atoms with van der Waals surface area (Å²) >= 11 is 0. The highest BCUT2D eigenvalue weighted by atomic mass is 17.3. The van der Waals surface area contributed by atoms with E-state index in [0.29, 0.717) is 11.8 Å². The van der Waals surface area contributed by atoms with Crippen LogP contribution in [0.3, 0.4) is 0 Å². The van der Waals surface area contributed by atoms with Crippen LogP contribution in [-0.2, 0) is 24.0 Å². The Morgan fingerprint density at radius 2 is 1.90 bits per heavy atom. The van der Waals surface area contributed by atoms with Crippen LogP contribution < -0.4 is 0 Å². The van der Waals surface area contributed by atoms with Crippen LogP contribution in [0.25, 0.3) is 0 Å². The van der Waals surface area contributed by atoms with Gasteiger partial charge in [0.05, 0.1) is 5.92 Å². The van der Waals surface area contributed by atoms with Crippen LogP contribution in [0.15, 0.2) is 0 Å². The molecule has 20 heavy (non-hydrogen) atoms. The van der Waals surface area contributed by atoms with Crippen molar-refractivity contribution in [3.8, 4) is 0 Å². The second-order valence-corrected chi connectivity index (χ2v) is 7.14. The van der Waals surface area contributed by atoms with Crippen molar-refractivity contribution in [1.29, 1.82) is 0 Å². The maximum absolute atomic E-state index is 12.1. The Labute approximate surface area is 118 Å². The van der Waals surface area contributed by atoms with E-state index >= 15 is 0 Å². The van der Waals surface area contributed by atoms with Gasteiger partial charge in [-0.25, -0.2) is 9.78 Å². The van der Waals surface area contributed by atoms with Gasteiger partial charge in [0.15, 0.2) is 5.60 Å². The smallest absolute Gasteiger partial charge is 0.311 e. The first-order chi connectivity index (χ1) is 9.46. The fraction of sp³-hybridized carbons (Fsp3) is 0.933. The number of carbonyl (C=O) groups excluding carboxylic acids is 1. The van der Waals surface area contributed by atoms with Crippen LogP contribution in [0.4, 0.5) is 0 Å². The van der Waals surface area contributed by atoms with Crippen LogP contribution in [0.2, 0.25) is 0 Å². The quantitative estimate of drug-likeness (QED) is 0.504. The van der Waals surface area contributed by atoms with Crippen LogP contribution in [0.1, 0.15) is 46.5 Å². The van der Waals surface area contributed by atoms with Gasteiger partial charge in [-0.3, -0.25) is 4.79 Å². The molecule has 1 aliphatic carbocycles. The molecule has 0 N–H and O–H groups in total. The molecule has 4 aliphatic heterocycles. The average Bonchev–Trinajstić information content (AvgIpc) is 2.63. The summed E-state index contributed by atoms with van der Waals surface area (Å²) in [6.45, 7) is 6.06. The standard InChI is InChI=1S/C15H22O5/c1-8-4-5-11-9(2)12(16)17-13-15(11)10(8)6-7-14(3,18-13)19-20-15/h8-11,13H,4-7H2,1-3H3/t8-,9-,10?,11?,13?,14-,15-/m1/s1. The second-order valence-electron chi connectivity index (χ2n) is 7.14. The maximum Gasteiger partial charge on any atom is 0.311 e. The molecule has 5 fully saturated rings. The van der Waals surface area contributed by atoms with E-state index in [4.69, 9.17) is 19.2 Å². The largest absolute Gasteiger partial charge is 0.432 e. The lowest BCUT2D eigenvalue weighted by Gasteiger charge is -2.57. The number of hydrogen-bond acceptors (Lipinski definition) is 5. The van der Waals surface area contributed by atoms with Crippen molar-refractivity contribution in [2.24, 2.45) is 23.7 Å². The molecule has 0 amide bonds. The molecule has 0 aromatic heterocycles. The van der Waals surface area contributed by atoms with Gasteiger partial charge in [-0.15, -0.1) is 0 Å². The summed E-state index contributed by atoms with van der Waals surface area (Å²) in [7, 11) is 0. The van der Waals surface area contributed by atoms with Crippen molar-refractivity contribution in [2.45, 2.75) is 64.1 Å². The van der Waals surface area contributed by atoms with Crippen molar-refractivity contribution in [3.05, 3.63) is 0 Å². The fourth-order valence-corrected chi connectivity index (χ4v) is 4.76. The summed E-state index contributed by atoms with van der Waals surface area (Å²) in [5, 5.41) is 0. The summed E-state index contributed by atoms with van der Waals surface area (Å²) in [6.07, 6.45) is 3.24. The minimum absolute atomic E-state index is 0.123. The van der Waals surface area contributed by atoms with E-state index in [1.807, 2.05) is 13.8 Å². The number of carbonyl (C=O) groups is 1. The summed E-state index contributed by atoms with van der Waals surface area (Å²) < 4.78 is 11.6. The van der Waals surface area contributed by atoms with E-state index < -0.39 is 17.7 Å². The highest BCUT2D eigenvalue weighted by molar-refractivity contribution is 5.74. The van der Waals surface area contributed by atoms with Gasteiger partial charge in [-0.1, -0.05) is 13.8 Å². The Hall–Kier alpha value is -0.650. The monoisotopic (exact) mass is 282 g/mol. The normalized spacial score (nSPS) is 57.8. The SMILES string of the molecule is C[C@@H]1CCC2[C@@H](C)C(=O)OC3O[C@@]4(C)CCC1[C@]32OO4. The molecular formula is C15H22O5. The zero-order valence-electron chi connectivity index (χ0n) is 12.3. The Bertz CT molecular complexity index is 452. The molecule has 4 heterocycles. The lowest BCUT2D eigenvalue weighted by molar-refractivity contribution is -0.559. The first kappa shape index (κ1) is 13.0. The van der Waals surface area contributed by atoms with E-state index in [1.54, 1.807) is 0 Å². The van der Waals surface area contributed by atoms with Gasteiger partial charge >= 0.3 is 5.97 Å². The third-order valence-corrected chi connectivity index (χ3v) is 5.97. The minimum atomic E-state index is -0.793. The lowest BCUT2D eigenvalue weighted by Crippen LogP contribution is -2.69. The molecule has 3 unspecified atom stereocenters. The molecule has 0 radical (unpaired) electrons. The van der Waals surface area contributed by atoms with E-state index in [-0.39, 0.29) is 17.8 Å². The molecule has 2 bridgehead atoms. The lowest BCUT2D eigenvalue weighted by atomic mass is 9.58. The number of fused-ring (bicyclic) bond motifs is 2. The second kappa shape index (κ2) is 3.96. The zero-order valence-corrected chi connectivity index (χ0v) is 12.3. The average molecular weight is 282 g/mol. The van der Waals surface area contributed by atoms with E-state index in [1.165, 1.54) is 0 Å². The van der Waals surface area contributed by atoms with Gasteiger partial charge in [-0.05, 0) is 32.1 Å². The Morgan fingerprint density at radius 1 is 1.10 bits per heavy atom. The molecule has 5 aliphatic rings. The van der Waals surface area contributed by atoms with Crippen LogP contribution in [-0.4, -0.2) is 23.6 Å². The van der Waals surface area contributed by atoms with Crippen LogP contribution in [0.5, 0.6) is 0 Å². The third kappa shape index (κ3) is 1.46. The van der Waals surface area contributed by atoms with Crippen molar-refractivity contribution >= 4 is 5.97 Å². The molecule has 5 rings (SSSR count). The van der Waals surface area contributed by atoms with Crippen LogP contribution in [0, 0.1) is 23.7 Å². The first-order valence-electron chi connectivity index (χ1n) is 7.71. The predicted octanol–water partition coefficient (Wildman–Crippen LogP) is 2.39. The highest BCUT2D eigenvalue weighted by Gasteiger charge is 2.69. The topological polar surface area (TPSA) is 54.0 Å². The van der Waals surface area contributed by atoms with Gasteiger partial charge in [0.2, 0.25) is 12.1 Å². The number of ether oxygens (including phenoxy) is 2. The molecule has 1 saturated carbocycles. The summed E-state index contributed by atoms with van der Waals surface area (Å²) in [6, 6.07) is 0. The van der Waals surface area contributed by atoms with Gasteiger partial charge in [0.1, 0.15) is 0 Å². The summed E-state index contributed by atoms with van der Waals surface area (Å²) in [4.78, 5) is 23.7.